The number of nitrogens with one attached hydrogen (secondary N) is 1. The van der Waals surface area contributed by atoms with Crippen LogP contribution in [0.4, 0.5) is 11.4 Å². The first-order chi connectivity index (χ1) is 6.59. The summed E-state index contributed by atoms with van der Waals surface area (Å²) >= 11 is 0. The molecular formula is C8H4N2O4. The second kappa shape index (κ2) is 2.63. The SMILES string of the molecule is O=C1Nc2cc([N+](=O)[O-])ccc2C1=O. The number of non-ortho nitro benzene ring substituents is 1. The molecule has 0 radical (unpaired) electrons. The zero-order chi connectivity index (χ0) is 10.3. The Hall–Kier alpha value is -2.24. The lowest BCUT2D eigenvalue weighted by atomic mass is 10.1. The highest BCUT2D eigenvalue weighted by atomic mass is 16.6. The number of carbonyl (C=O) groups is 2. The highest BCUT2D eigenvalue weighted by Gasteiger charge is 2.29. The molecule has 1 aliphatic heterocycles. The average Bonchev–Trinajstić information content (AvgIpc) is 2.42. The molecule has 1 N–H and O–H groups in total. The van der Waals surface area contributed by atoms with E-state index in [4.69, 9.17) is 0 Å². The van der Waals surface area contributed by atoms with Crippen LogP contribution in [0.1, 0.15) is 10.4 Å². The molecule has 0 aliphatic carbocycles. The largest absolute Gasteiger partial charge is 0.318 e. The van der Waals surface area contributed by atoms with Gasteiger partial charge in [0.05, 0.1) is 16.2 Å². The van der Waals surface area contributed by atoms with Gasteiger partial charge in [0, 0.05) is 12.1 Å². The Morgan fingerprint density at radius 3 is 2.64 bits per heavy atom. The first-order valence-corrected chi connectivity index (χ1v) is 3.74. The van der Waals surface area contributed by atoms with Crippen molar-refractivity contribution in [2.24, 2.45) is 0 Å². The number of benzene rings is 1. The molecule has 0 bridgehead atoms. The zero-order valence-electron chi connectivity index (χ0n) is 6.81. The summed E-state index contributed by atoms with van der Waals surface area (Å²) in [4.78, 5) is 31.8. The van der Waals surface area contributed by atoms with Gasteiger partial charge in [0.25, 0.3) is 17.4 Å². The Balaban J connectivity index is 2.55. The molecule has 6 heteroatoms. The number of ketones is 1. The molecule has 1 amide bonds. The van der Waals surface area contributed by atoms with E-state index >= 15 is 0 Å². The van der Waals surface area contributed by atoms with Crippen LogP contribution in [0.5, 0.6) is 0 Å². The van der Waals surface area contributed by atoms with Crippen molar-refractivity contribution in [1.82, 2.24) is 0 Å². The maximum atomic E-state index is 11.1. The van der Waals surface area contributed by atoms with Crippen molar-refractivity contribution in [2.45, 2.75) is 0 Å². The van der Waals surface area contributed by atoms with Crippen LogP contribution in [0, 0.1) is 10.1 Å². The molecule has 1 heterocycles. The summed E-state index contributed by atoms with van der Waals surface area (Å²) in [5.41, 5.74) is 0.230. The van der Waals surface area contributed by atoms with Crippen LogP contribution in [0.25, 0.3) is 0 Å². The van der Waals surface area contributed by atoms with E-state index in [1.54, 1.807) is 0 Å². The second-order valence-corrected chi connectivity index (χ2v) is 2.77. The number of nitro groups is 1. The minimum absolute atomic E-state index is 0.154. The van der Waals surface area contributed by atoms with Gasteiger partial charge in [-0.2, -0.15) is 0 Å². The minimum Gasteiger partial charge on any atom is -0.318 e. The van der Waals surface area contributed by atoms with Gasteiger partial charge in [-0.1, -0.05) is 0 Å². The molecule has 0 spiro atoms. The highest BCUT2D eigenvalue weighted by molar-refractivity contribution is 6.51. The van der Waals surface area contributed by atoms with Crippen molar-refractivity contribution < 1.29 is 14.5 Å². The van der Waals surface area contributed by atoms with Crippen LogP contribution in [-0.2, 0) is 4.79 Å². The zero-order valence-corrected chi connectivity index (χ0v) is 6.81. The number of nitrogens with zero attached hydrogens (tertiary/aromatic N) is 1. The summed E-state index contributed by atoms with van der Waals surface area (Å²) in [5.74, 6) is -1.41. The lowest BCUT2D eigenvalue weighted by molar-refractivity contribution is -0.384. The number of amides is 1. The van der Waals surface area contributed by atoms with Gasteiger partial charge in [-0.05, 0) is 6.07 Å². The van der Waals surface area contributed by atoms with Crippen LogP contribution in [0.2, 0.25) is 0 Å². The predicted octanol–water partition coefficient (Wildman–Crippen LogP) is 0.730. The molecule has 1 aromatic rings. The Labute approximate surface area is 77.7 Å². The minimum atomic E-state index is -0.750. The molecule has 0 saturated carbocycles. The molecular weight excluding hydrogens is 188 g/mol. The molecule has 0 atom stereocenters. The van der Waals surface area contributed by atoms with E-state index in [1.807, 2.05) is 0 Å². The Morgan fingerprint density at radius 2 is 2.00 bits per heavy atom. The van der Waals surface area contributed by atoms with Crippen LogP contribution in [0.15, 0.2) is 18.2 Å². The first-order valence-electron chi connectivity index (χ1n) is 3.74. The predicted molar refractivity (Wildman–Crippen MR) is 46.1 cm³/mol. The summed E-state index contributed by atoms with van der Waals surface area (Å²) in [6.07, 6.45) is 0. The van der Waals surface area contributed by atoms with Crippen LogP contribution < -0.4 is 5.32 Å². The van der Waals surface area contributed by atoms with Gasteiger partial charge in [0.1, 0.15) is 0 Å². The molecule has 14 heavy (non-hydrogen) atoms. The number of carbonyl (C=O) groups excluding carboxylic acids is 2. The summed E-state index contributed by atoms with van der Waals surface area (Å²) in [5, 5.41) is 12.6. The number of anilines is 1. The maximum absolute atomic E-state index is 11.1. The van der Waals surface area contributed by atoms with E-state index in [0.717, 1.165) is 6.07 Å². The number of hydrogen-bond acceptors (Lipinski definition) is 4. The summed E-state index contributed by atoms with van der Waals surface area (Å²) in [6.45, 7) is 0. The van der Waals surface area contributed by atoms with Crippen LogP contribution >= 0.6 is 0 Å². The van der Waals surface area contributed by atoms with Gasteiger partial charge < -0.3 is 5.32 Å². The summed E-state index contributed by atoms with van der Waals surface area (Å²) in [6, 6.07) is 3.63. The number of rotatable bonds is 1. The third kappa shape index (κ3) is 1.05. The number of Topliss-reactive ketones (excluding diaryl/α,β-unsaturated/α-hetero) is 1. The fourth-order valence-corrected chi connectivity index (χ4v) is 1.25. The van der Waals surface area contributed by atoms with Gasteiger partial charge >= 0.3 is 0 Å². The van der Waals surface area contributed by atoms with E-state index in [2.05, 4.69) is 5.32 Å². The van der Waals surface area contributed by atoms with Crippen LogP contribution in [0.3, 0.4) is 0 Å². The third-order valence-corrected chi connectivity index (χ3v) is 1.91. The van der Waals surface area contributed by atoms with Gasteiger partial charge in [-0.25, -0.2) is 0 Å². The molecule has 1 aliphatic rings. The molecule has 6 nitrogen and oxygen atoms in total. The van der Waals surface area contributed by atoms with E-state index in [1.165, 1.54) is 12.1 Å². The Bertz CT molecular complexity index is 466. The number of fused-ring (bicyclic) bond motifs is 1. The molecule has 0 fully saturated rings. The van der Waals surface area contributed by atoms with Crippen molar-refractivity contribution in [1.29, 1.82) is 0 Å². The molecule has 0 unspecified atom stereocenters. The van der Waals surface area contributed by atoms with Gasteiger partial charge in [-0.15, -0.1) is 0 Å². The molecule has 0 saturated heterocycles. The van der Waals surface area contributed by atoms with E-state index < -0.39 is 16.6 Å². The van der Waals surface area contributed by atoms with Crippen molar-refractivity contribution in [2.75, 3.05) is 5.32 Å². The Kier molecular flexibility index (Phi) is 1.57. The average molecular weight is 192 g/mol. The highest BCUT2D eigenvalue weighted by Crippen LogP contribution is 2.27. The fourth-order valence-electron chi connectivity index (χ4n) is 1.25. The van der Waals surface area contributed by atoms with E-state index in [0.29, 0.717) is 0 Å². The van der Waals surface area contributed by atoms with E-state index in [9.17, 15) is 19.7 Å². The molecule has 1 aromatic carbocycles. The van der Waals surface area contributed by atoms with Crippen LogP contribution in [-0.4, -0.2) is 16.6 Å². The summed E-state index contributed by atoms with van der Waals surface area (Å²) < 4.78 is 0. The van der Waals surface area contributed by atoms with Crippen molar-refractivity contribution in [3.8, 4) is 0 Å². The number of nitro benzene ring substituents is 1. The van der Waals surface area contributed by atoms with E-state index in [-0.39, 0.29) is 16.9 Å². The molecule has 2 rings (SSSR count). The molecule has 0 aromatic heterocycles. The normalized spacial score (nSPS) is 13.7. The lowest BCUT2D eigenvalue weighted by Crippen LogP contribution is -2.12. The monoisotopic (exact) mass is 192 g/mol. The van der Waals surface area contributed by atoms with Crippen molar-refractivity contribution in [3.05, 3.63) is 33.9 Å². The second-order valence-electron chi connectivity index (χ2n) is 2.77. The summed E-state index contributed by atoms with van der Waals surface area (Å²) in [7, 11) is 0. The maximum Gasteiger partial charge on any atom is 0.296 e. The fraction of sp³-hybridized carbons (Fsp3) is 0. The van der Waals surface area contributed by atoms with Gasteiger partial charge in [0.2, 0.25) is 0 Å². The van der Waals surface area contributed by atoms with Crippen molar-refractivity contribution >= 4 is 23.1 Å². The topological polar surface area (TPSA) is 89.3 Å². The van der Waals surface area contributed by atoms with Gasteiger partial charge in [0.15, 0.2) is 0 Å². The Morgan fingerprint density at radius 1 is 1.29 bits per heavy atom. The number of hydrogen-bond donors (Lipinski definition) is 1. The van der Waals surface area contributed by atoms with Gasteiger partial charge in [-0.3, -0.25) is 19.7 Å². The van der Waals surface area contributed by atoms with Crippen molar-refractivity contribution in [3.63, 3.8) is 0 Å². The lowest BCUT2D eigenvalue weighted by Gasteiger charge is -1.95. The standard InChI is InChI=1S/C8H4N2O4/c11-7-5-2-1-4(10(13)14)3-6(5)9-8(7)12/h1-3H,(H,9,11,12). The third-order valence-electron chi connectivity index (χ3n) is 1.91. The quantitative estimate of drug-likeness (QED) is 0.403. The molecule has 70 valence electrons. The smallest absolute Gasteiger partial charge is 0.296 e. The first kappa shape index (κ1) is 8.36.